The number of hydrogen-bond acceptors (Lipinski definition) is 8. The SMILES string of the molecule is C=CN/C(N=C)=C(NCCl)\C(=C\CC)N(CCCC)CCCCC1=NCC(c2ncn[nH]2)=N1. The molecule has 0 atom stereocenters. The molecule has 9 nitrogen and oxygen atoms in total. The summed E-state index contributed by atoms with van der Waals surface area (Å²) in [6.07, 6.45) is 11.2. The standard InChI is InChI=1S/C23H36ClN9/c1-5-8-13-33(19(11-6-2)21(28-16-24)23(25-4)26-7-3)14-10-9-12-20-27-15-18(31-20)22-29-17-30-32-22/h7,11,17,26,28H,3-6,8-10,12-16H2,1-2H3,(H,29,30,32)/b19-11-,23-21+. The molecule has 1 aromatic heterocycles. The number of aromatic amines is 1. The van der Waals surface area contributed by atoms with Crippen LogP contribution in [0.4, 0.5) is 0 Å². The first kappa shape index (κ1) is 26.3. The lowest BCUT2D eigenvalue weighted by Crippen LogP contribution is -2.32. The minimum Gasteiger partial charge on any atom is -0.370 e. The molecule has 0 fully saturated rings. The highest BCUT2D eigenvalue weighted by atomic mass is 35.5. The Bertz CT molecular complexity index is 869. The molecule has 0 radical (unpaired) electrons. The number of hydrogen-bond donors (Lipinski definition) is 3. The molecule has 0 saturated carbocycles. The van der Waals surface area contributed by atoms with Crippen LogP contribution < -0.4 is 10.6 Å². The second-order valence-electron chi connectivity index (χ2n) is 7.46. The van der Waals surface area contributed by atoms with Gasteiger partial charge in [0.15, 0.2) is 11.6 Å². The molecule has 0 aromatic carbocycles. The fourth-order valence-corrected chi connectivity index (χ4v) is 3.66. The number of rotatable bonds is 17. The smallest absolute Gasteiger partial charge is 0.171 e. The van der Waals surface area contributed by atoms with Gasteiger partial charge in [0.25, 0.3) is 0 Å². The number of halogens is 1. The van der Waals surface area contributed by atoms with Crippen molar-refractivity contribution < 1.29 is 0 Å². The van der Waals surface area contributed by atoms with Gasteiger partial charge in [0, 0.05) is 19.5 Å². The van der Waals surface area contributed by atoms with Crippen molar-refractivity contribution in [3.63, 3.8) is 0 Å². The van der Waals surface area contributed by atoms with Crippen LogP contribution in [0.3, 0.4) is 0 Å². The lowest BCUT2D eigenvalue weighted by Gasteiger charge is -2.30. The summed E-state index contributed by atoms with van der Waals surface area (Å²) in [4.78, 5) is 19.9. The highest BCUT2D eigenvalue weighted by molar-refractivity contribution is 6.17. The van der Waals surface area contributed by atoms with E-state index in [1.165, 1.54) is 6.33 Å². The van der Waals surface area contributed by atoms with Crippen LogP contribution in [0.25, 0.3) is 0 Å². The lowest BCUT2D eigenvalue weighted by molar-refractivity contribution is 0.330. The van der Waals surface area contributed by atoms with Crippen molar-refractivity contribution in [3.8, 4) is 0 Å². The first-order valence-electron chi connectivity index (χ1n) is 11.5. The molecule has 0 amide bonds. The monoisotopic (exact) mass is 473 g/mol. The van der Waals surface area contributed by atoms with Crippen LogP contribution in [0, 0.1) is 0 Å². The summed E-state index contributed by atoms with van der Waals surface area (Å²) < 4.78 is 0. The third kappa shape index (κ3) is 8.16. The number of nitrogens with zero attached hydrogens (tertiary/aromatic N) is 6. The maximum atomic E-state index is 6.06. The van der Waals surface area contributed by atoms with Crippen molar-refractivity contribution in [3.05, 3.63) is 48.2 Å². The summed E-state index contributed by atoms with van der Waals surface area (Å²) in [5, 5.41) is 13.1. The molecule has 10 heteroatoms. The Kier molecular flexibility index (Phi) is 12.0. The molecule has 0 spiro atoms. The van der Waals surface area contributed by atoms with E-state index in [0.29, 0.717) is 18.2 Å². The Hall–Kier alpha value is -2.94. The minimum atomic E-state index is 0.265. The topological polar surface area (TPSA) is 106 Å². The van der Waals surface area contributed by atoms with E-state index in [1.54, 1.807) is 6.20 Å². The third-order valence-electron chi connectivity index (χ3n) is 5.10. The summed E-state index contributed by atoms with van der Waals surface area (Å²) in [7, 11) is 0. The van der Waals surface area contributed by atoms with Gasteiger partial charge in [-0.25, -0.2) is 15.0 Å². The number of unbranched alkanes of at least 4 members (excludes halogenated alkanes) is 2. The van der Waals surface area contributed by atoms with Crippen molar-refractivity contribution in [2.24, 2.45) is 15.0 Å². The molecule has 2 heterocycles. The van der Waals surface area contributed by atoms with Gasteiger partial charge in [0.05, 0.1) is 18.2 Å². The van der Waals surface area contributed by atoms with Crippen LogP contribution >= 0.6 is 11.6 Å². The zero-order valence-electron chi connectivity index (χ0n) is 19.8. The largest absolute Gasteiger partial charge is 0.370 e. The molecule has 3 N–H and O–H groups in total. The lowest BCUT2D eigenvalue weighted by atomic mass is 10.1. The maximum absolute atomic E-state index is 6.06. The van der Waals surface area contributed by atoms with Gasteiger partial charge in [-0.05, 0) is 38.6 Å². The molecule has 33 heavy (non-hydrogen) atoms. The first-order chi connectivity index (χ1) is 16.2. The van der Waals surface area contributed by atoms with Crippen LogP contribution in [0.15, 0.2) is 57.4 Å². The van der Waals surface area contributed by atoms with Crippen molar-refractivity contribution in [2.75, 3.05) is 25.6 Å². The fraction of sp³-hybridized carbons (Fsp3) is 0.522. The zero-order chi connectivity index (χ0) is 23.9. The van der Waals surface area contributed by atoms with Gasteiger partial charge < -0.3 is 15.5 Å². The molecule has 1 aliphatic heterocycles. The van der Waals surface area contributed by atoms with Gasteiger partial charge in [-0.2, -0.15) is 5.10 Å². The molecular weight excluding hydrogens is 438 g/mol. The van der Waals surface area contributed by atoms with E-state index in [0.717, 1.165) is 74.6 Å². The van der Waals surface area contributed by atoms with Gasteiger partial charge in [-0.15, -0.1) is 11.6 Å². The Labute approximate surface area is 201 Å². The number of aliphatic imine (C=N–C) groups is 3. The Morgan fingerprint density at radius 1 is 1.30 bits per heavy atom. The summed E-state index contributed by atoms with van der Waals surface area (Å²) in [5.74, 6) is 2.18. The molecular formula is C23H36ClN9. The van der Waals surface area contributed by atoms with Crippen molar-refractivity contribution in [1.29, 1.82) is 0 Å². The average Bonchev–Trinajstić information content (AvgIpc) is 3.52. The van der Waals surface area contributed by atoms with E-state index < -0.39 is 0 Å². The molecule has 1 aromatic rings. The molecule has 2 rings (SSSR count). The second-order valence-corrected chi connectivity index (χ2v) is 7.73. The van der Waals surface area contributed by atoms with Crippen molar-refractivity contribution in [2.45, 2.75) is 52.4 Å². The normalized spacial score (nSPS) is 14.3. The summed E-state index contributed by atoms with van der Waals surface area (Å²) in [6, 6.07) is 0.265. The van der Waals surface area contributed by atoms with Gasteiger partial charge in [-0.1, -0.05) is 32.9 Å². The molecule has 0 saturated heterocycles. The number of amidine groups is 1. The van der Waals surface area contributed by atoms with Gasteiger partial charge >= 0.3 is 0 Å². The quantitative estimate of drug-likeness (QED) is 0.104. The van der Waals surface area contributed by atoms with Crippen LogP contribution in [-0.4, -0.2) is 64.0 Å². The summed E-state index contributed by atoms with van der Waals surface area (Å²) in [6.45, 7) is 14.2. The van der Waals surface area contributed by atoms with E-state index in [-0.39, 0.29) is 6.00 Å². The predicted molar refractivity (Wildman–Crippen MR) is 138 cm³/mol. The predicted octanol–water partition coefficient (Wildman–Crippen LogP) is 3.96. The highest BCUT2D eigenvalue weighted by Gasteiger charge is 2.18. The third-order valence-corrected chi connectivity index (χ3v) is 5.23. The fourth-order valence-electron chi connectivity index (χ4n) is 3.53. The molecule has 0 unspecified atom stereocenters. The average molecular weight is 474 g/mol. The van der Waals surface area contributed by atoms with E-state index >= 15 is 0 Å². The molecule has 1 aliphatic rings. The summed E-state index contributed by atoms with van der Waals surface area (Å²) in [5.41, 5.74) is 2.76. The van der Waals surface area contributed by atoms with Crippen LogP contribution in [-0.2, 0) is 0 Å². The van der Waals surface area contributed by atoms with Gasteiger partial charge in [0.1, 0.15) is 23.6 Å². The van der Waals surface area contributed by atoms with Gasteiger partial charge in [0.2, 0.25) is 0 Å². The number of allylic oxidation sites excluding steroid dienone is 1. The summed E-state index contributed by atoms with van der Waals surface area (Å²) >= 11 is 6.06. The van der Waals surface area contributed by atoms with E-state index in [2.05, 4.69) is 78.9 Å². The zero-order valence-corrected chi connectivity index (χ0v) is 20.5. The first-order valence-corrected chi connectivity index (χ1v) is 12.0. The molecule has 0 aliphatic carbocycles. The van der Waals surface area contributed by atoms with Crippen molar-refractivity contribution in [1.82, 2.24) is 30.7 Å². The Morgan fingerprint density at radius 3 is 2.76 bits per heavy atom. The number of H-pyrrole nitrogens is 1. The number of aromatic nitrogens is 3. The number of alkyl halides is 1. The minimum absolute atomic E-state index is 0.265. The highest BCUT2D eigenvalue weighted by Crippen LogP contribution is 2.20. The molecule has 0 bridgehead atoms. The van der Waals surface area contributed by atoms with E-state index in [9.17, 15) is 0 Å². The van der Waals surface area contributed by atoms with Crippen LogP contribution in [0.2, 0.25) is 0 Å². The molecule has 180 valence electrons. The Morgan fingerprint density at radius 2 is 2.12 bits per heavy atom. The maximum Gasteiger partial charge on any atom is 0.171 e. The van der Waals surface area contributed by atoms with E-state index in [4.69, 9.17) is 11.6 Å². The second kappa shape index (κ2) is 15.0. The van der Waals surface area contributed by atoms with Crippen LogP contribution in [0.1, 0.15) is 58.2 Å². The van der Waals surface area contributed by atoms with E-state index in [1.807, 2.05) is 0 Å². The van der Waals surface area contributed by atoms with Crippen LogP contribution in [0.5, 0.6) is 0 Å². The van der Waals surface area contributed by atoms with Gasteiger partial charge in [-0.3, -0.25) is 10.1 Å². The van der Waals surface area contributed by atoms with Crippen molar-refractivity contribution >= 4 is 29.9 Å². The Balaban J connectivity index is 2.07. The number of nitrogens with one attached hydrogen (secondary N) is 3.